The van der Waals surface area contributed by atoms with Gasteiger partial charge in [0.05, 0.1) is 12.5 Å². The van der Waals surface area contributed by atoms with Crippen molar-refractivity contribution in [1.29, 1.82) is 0 Å². The van der Waals surface area contributed by atoms with Crippen molar-refractivity contribution in [1.82, 2.24) is 4.98 Å². The van der Waals surface area contributed by atoms with Gasteiger partial charge in [-0.1, -0.05) is 162 Å². The SMILES string of the molecule is CCCCCCCCCCCCCCCC[C@H](CCCCCCCCCCC)c1[nH]cc[n+]1CC. The predicted octanol–water partition coefficient (Wildman–Crippen LogP) is 11.2. The van der Waals surface area contributed by atoms with Gasteiger partial charge >= 0.3 is 0 Å². The summed E-state index contributed by atoms with van der Waals surface area (Å²) in [6.07, 6.45) is 40.3. The van der Waals surface area contributed by atoms with E-state index in [-0.39, 0.29) is 0 Å². The van der Waals surface area contributed by atoms with Gasteiger partial charge in [-0.3, -0.25) is 0 Å². The zero-order valence-corrected chi connectivity index (χ0v) is 24.6. The molecule has 1 atom stereocenters. The molecule has 0 aliphatic heterocycles. The Bertz CT molecular complexity index is 535. The zero-order valence-electron chi connectivity index (χ0n) is 24.6. The summed E-state index contributed by atoms with van der Waals surface area (Å²) in [4.78, 5) is 3.60. The number of H-pyrrole nitrogens is 1. The first-order valence-corrected chi connectivity index (χ1v) is 16.4. The van der Waals surface area contributed by atoms with Gasteiger partial charge in [-0.2, -0.15) is 0 Å². The number of unbranched alkanes of at least 4 members (excludes halogenated alkanes) is 21. The smallest absolute Gasteiger partial charge is 0.247 e. The molecule has 0 aliphatic carbocycles. The second-order valence-corrected chi connectivity index (χ2v) is 11.3. The number of rotatable bonds is 27. The van der Waals surface area contributed by atoms with Crippen molar-refractivity contribution < 1.29 is 4.57 Å². The van der Waals surface area contributed by atoms with Crippen LogP contribution in [0, 0.1) is 0 Å². The molecule has 0 unspecified atom stereocenters. The Kier molecular flexibility index (Phi) is 22.9. The van der Waals surface area contributed by atoms with Crippen LogP contribution in [0.3, 0.4) is 0 Å². The Morgan fingerprint density at radius 1 is 0.514 bits per heavy atom. The van der Waals surface area contributed by atoms with E-state index in [2.05, 4.69) is 42.7 Å². The number of aromatic amines is 1. The summed E-state index contributed by atoms with van der Waals surface area (Å²) < 4.78 is 2.45. The third-order valence-electron chi connectivity index (χ3n) is 8.08. The molecule has 2 nitrogen and oxygen atoms in total. The van der Waals surface area contributed by atoms with Crippen LogP contribution in [-0.2, 0) is 6.54 Å². The molecule has 0 aliphatic rings. The second-order valence-electron chi connectivity index (χ2n) is 11.3. The molecule has 1 rings (SSSR count). The van der Waals surface area contributed by atoms with Crippen LogP contribution < -0.4 is 4.57 Å². The van der Waals surface area contributed by atoms with Gasteiger partial charge in [-0.25, -0.2) is 9.55 Å². The molecule has 0 aromatic carbocycles. The Morgan fingerprint density at radius 3 is 1.20 bits per heavy atom. The quantitative estimate of drug-likeness (QED) is 0.0936. The minimum Gasteiger partial charge on any atom is -0.247 e. The maximum atomic E-state index is 3.60. The number of nitrogens with zero attached hydrogens (tertiary/aromatic N) is 1. The average Bonchev–Trinajstić information content (AvgIpc) is 3.35. The summed E-state index contributed by atoms with van der Waals surface area (Å²) in [6.45, 7) is 7.98. The van der Waals surface area contributed by atoms with Crippen LogP contribution in [0.4, 0.5) is 0 Å². The van der Waals surface area contributed by atoms with Gasteiger partial charge in [-0.05, 0) is 19.8 Å². The van der Waals surface area contributed by atoms with Crippen LogP contribution in [0.25, 0.3) is 0 Å². The van der Waals surface area contributed by atoms with E-state index in [0.717, 1.165) is 12.5 Å². The van der Waals surface area contributed by atoms with Gasteiger partial charge in [0, 0.05) is 0 Å². The summed E-state index contributed by atoms with van der Waals surface area (Å²) in [6, 6.07) is 0. The molecule has 0 bridgehead atoms. The van der Waals surface area contributed by atoms with E-state index in [1.807, 2.05) is 0 Å². The Hall–Kier alpha value is -0.790. The third kappa shape index (κ3) is 18.2. The summed E-state index contributed by atoms with van der Waals surface area (Å²) in [7, 11) is 0. The Balaban J connectivity index is 2.10. The normalized spacial score (nSPS) is 12.4. The lowest BCUT2D eigenvalue weighted by Gasteiger charge is -2.14. The van der Waals surface area contributed by atoms with Crippen molar-refractivity contribution in [2.75, 3.05) is 0 Å². The number of hydrogen-bond donors (Lipinski definition) is 1. The highest BCUT2D eigenvalue weighted by molar-refractivity contribution is 4.90. The monoisotopic (exact) mass is 490 g/mol. The van der Waals surface area contributed by atoms with Gasteiger partial charge in [-0.15, -0.1) is 0 Å². The highest BCUT2D eigenvalue weighted by atomic mass is 15.1. The minimum absolute atomic E-state index is 0.729. The van der Waals surface area contributed by atoms with Gasteiger partial charge in [0.25, 0.3) is 5.82 Å². The number of aryl methyl sites for hydroxylation is 1. The fraction of sp³-hybridized carbons (Fsp3) is 0.909. The molecule has 35 heavy (non-hydrogen) atoms. The van der Waals surface area contributed by atoms with Gasteiger partial charge in [0.2, 0.25) is 0 Å². The first kappa shape index (κ1) is 32.2. The maximum Gasteiger partial charge on any atom is 0.257 e. The van der Waals surface area contributed by atoms with E-state index in [0.29, 0.717) is 0 Å². The summed E-state index contributed by atoms with van der Waals surface area (Å²) in [5, 5.41) is 0. The van der Waals surface area contributed by atoms with Crippen molar-refractivity contribution in [3.63, 3.8) is 0 Å². The molecule has 0 radical (unpaired) electrons. The Morgan fingerprint density at radius 2 is 0.857 bits per heavy atom. The number of aromatic nitrogens is 2. The third-order valence-corrected chi connectivity index (χ3v) is 8.08. The topological polar surface area (TPSA) is 19.7 Å². The highest BCUT2D eigenvalue weighted by Gasteiger charge is 2.21. The molecule has 0 amide bonds. The largest absolute Gasteiger partial charge is 0.257 e. The number of nitrogens with one attached hydrogen (secondary N) is 1. The molecule has 0 spiro atoms. The summed E-state index contributed by atoms with van der Waals surface area (Å²) in [5.74, 6) is 2.22. The van der Waals surface area contributed by atoms with Gasteiger partial charge < -0.3 is 0 Å². The minimum atomic E-state index is 0.729. The molecule has 1 aromatic heterocycles. The van der Waals surface area contributed by atoms with Crippen molar-refractivity contribution in [2.24, 2.45) is 0 Å². The van der Waals surface area contributed by atoms with E-state index < -0.39 is 0 Å². The van der Waals surface area contributed by atoms with Crippen LogP contribution >= 0.6 is 0 Å². The standard InChI is InChI=1S/C33H64N2/c1-4-7-9-11-13-15-16-17-18-19-21-23-25-27-29-32(33-34-30-31-35(33)6-3)28-26-24-22-20-14-12-10-8-5-2/h30-32H,4-29H2,1-3H3/p+1/t32-/m0/s1. The van der Waals surface area contributed by atoms with Gasteiger partial charge in [0.1, 0.15) is 12.4 Å². The summed E-state index contributed by atoms with van der Waals surface area (Å²) >= 11 is 0. The van der Waals surface area contributed by atoms with Gasteiger partial charge in [0.15, 0.2) is 0 Å². The molecule has 206 valence electrons. The van der Waals surface area contributed by atoms with Crippen LogP contribution in [0.5, 0.6) is 0 Å². The van der Waals surface area contributed by atoms with Crippen LogP contribution in [0.2, 0.25) is 0 Å². The lowest BCUT2D eigenvalue weighted by atomic mass is 9.93. The zero-order chi connectivity index (χ0) is 25.2. The van der Waals surface area contributed by atoms with Crippen LogP contribution in [-0.4, -0.2) is 4.98 Å². The van der Waals surface area contributed by atoms with E-state index in [1.165, 1.54) is 166 Å². The first-order valence-electron chi connectivity index (χ1n) is 16.4. The molecule has 1 N–H and O–H groups in total. The number of imidazole rings is 1. The van der Waals surface area contributed by atoms with E-state index >= 15 is 0 Å². The van der Waals surface area contributed by atoms with Crippen molar-refractivity contribution in [3.8, 4) is 0 Å². The molecule has 1 heterocycles. The van der Waals surface area contributed by atoms with Crippen molar-refractivity contribution in [3.05, 3.63) is 18.2 Å². The van der Waals surface area contributed by atoms with Crippen LogP contribution in [0.15, 0.2) is 12.4 Å². The second kappa shape index (κ2) is 24.9. The fourth-order valence-corrected chi connectivity index (χ4v) is 5.71. The van der Waals surface area contributed by atoms with Crippen molar-refractivity contribution in [2.45, 2.75) is 194 Å². The molecule has 0 saturated carbocycles. The predicted molar refractivity (Wildman–Crippen MR) is 156 cm³/mol. The summed E-state index contributed by atoms with van der Waals surface area (Å²) in [5.41, 5.74) is 0. The van der Waals surface area contributed by atoms with Crippen molar-refractivity contribution >= 4 is 0 Å². The molecule has 2 heteroatoms. The lowest BCUT2D eigenvalue weighted by Crippen LogP contribution is -2.36. The first-order chi connectivity index (χ1) is 17.3. The Labute approximate surface area is 221 Å². The molecule has 0 saturated heterocycles. The van der Waals surface area contributed by atoms with Crippen LogP contribution in [0.1, 0.15) is 193 Å². The average molecular weight is 490 g/mol. The maximum absolute atomic E-state index is 3.60. The fourth-order valence-electron chi connectivity index (χ4n) is 5.71. The highest BCUT2D eigenvalue weighted by Crippen LogP contribution is 2.26. The van der Waals surface area contributed by atoms with E-state index in [9.17, 15) is 0 Å². The molecule has 1 aromatic rings. The van der Waals surface area contributed by atoms with E-state index in [4.69, 9.17) is 0 Å². The number of hydrogen-bond acceptors (Lipinski definition) is 0. The lowest BCUT2D eigenvalue weighted by molar-refractivity contribution is -0.701. The molecular weight excluding hydrogens is 424 g/mol. The molecule has 0 fully saturated rings. The van der Waals surface area contributed by atoms with E-state index in [1.54, 1.807) is 0 Å². The molecular formula is C33H65N2+.